The number of rotatable bonds is 5. The Balaban J connectivity index is 0.00000240. The third kappa shape index (κ3) is 4.57. The first kappa shape index (κ1) is 20.8. The molecule has 3 N–H and O–H groups in total. The van der Waals surface area contributed by atoms with Crippen molar-refractivity contribution >= 4 is 24.3 Å². The number of carbonyl (C=O) groups excluding carboxylic acids is 1. The zero-order valence-electron chi connectivity index (χ0n) is 16.3. The maximum absolute atomic E-state index is 12.6. The van der Waals surface area contributed by atoms with Gasteiger partial charge in [-0.1, -0.05) is 12.1 Å². The number of hydrogen-bond acceptors (Lipinski definition) is 6. The molecule has 3 heterocycles. The van der Waals surface area contributed by atoms with Crippen LogP contribution < -0.4 is 15.4 Å². The molecule has 4 rings (SSSR count). The number of benzene rings is 1. The summed E-state index contributed by atoms with van der Waals surface area (Å²) >= 11 is 0. The average molecular weight is 418 g/mol. The molecule has 0 unspecified atom stereocenters. The van der Waals surface area contributed by atoms with Crippen molar-refractivity contribution in [2.45, 2.75) is 18.8 Å². The van der Waals surface area contributed by atoms with Crippen molar-refractivity contribution in [3.05, 3.63) is 41.9 Å². The molecule has 0 radical (unpaired) electrons. The maximum atomic E-state index is 12.6. The van der Waals surface area contributed by atoms with Gasteiger partial charge in [-0.15, -0.1) is 12.4 Å². The quantitative estimate of drug-likeness (QED) is 0.587. The van der Waals surface area contributed by atoms with Crippen LogP contribution in [0.5, 0.6) is 5.75 Å². The highest BCUT2D eigenvalue weighted by Crippen LogP contribution is 2.24. The summed E-state index contributed by atoms with van der Waals surface area (Å²) < 4.78 is 6.84. The Morgan fingerprint density at radius 3 is 2.83 bits per heavy atom. The Hall–Kier alpha value is -2.91. The molecule has 0 aliphatic carbocycles. The van der Waals surface area contributed by atoms with Crippen LogP contribution in [0.3, 0.4) is 0 Å². The lowest BCUT2D eigenvalue weighted by Crippen LogP contribution is -2.27. The highest BCUT2D eigenvalue weighted by atomic mass is 35.5. The second kappa shape index (κ2) is 9.06. The smallest absolute Gasteiger partial charge is 0.276 e. The molecule has 154 valence electrons. The van der Waals surface area contributed by atoms with Gasteiger partial charge in [0.1, 0.15) is 11.4 Å². The maximum Gasteiger partial charge on any atom is 0.276 e. The molecular formula is C19H24ClN7O2. The summed E-state index contributed by atoms with van der Waals surface area (Å²) in [6.07, 6.45) is 2.00. The summed E-state index contributed by atoms with van der Waals surface area (Å²) in [5.74, 6) is 1.95. The Kier molecular flexibility index (Phi) is 6.50. The van der Waals surface area contributed by atoms with Crippen molar-refractivity contribution in [3.63, 3.8) is 0 Å². The van der Waals surface area contributed by atoms with E-state index in [1.165, 1.54) is 0 Å². The monoisotopic (exact) mass is 417 g/mol. The van der Waals surface area contributed by atoms with Gasteiger partial charge < -0.3 is 10.1 Å². The molecule has 3 aromatic rings. The molecule has 0 atom stereocenters. The summed E-state index contributed by atoms with van der Waals surface area (Å²) in [5.41, 5.74) is 1.88. The summed E-state index contributed by atoms with van der Waals surface area (Å²) in [6.45, 7) is 1.93. The minimum Gasteiger partial charge on any atom is -0.497 e. The molecule has 0 spiro atoms. The Bertz CT molecular complexity index is 979. The topological polar surface area (TPSA) is 110 Å². The molecule has 1 aliphatic heterocycles. The third-order valence-electron chi connectivity index (χ3n) is 4.90. The predicted molar refractivity (Wildman–Crippen MR) is 112 cm³/mol. The van der Waals surface area contributed by atoms with Crippen molar-refractivity contribution < 1.29 is 9.53 Å². The number of aromatic nitrogens is 5. The van der Waals surface area contributed by atoms with E-state index < -0.39 is 0 Å². The minimum absolute atomic E-state index is 0. The van der Waals surface area contributed by atoms with Crippen LogP contribution in [0.4, 0.5) is 5.95 Å². The number of ether oxygens (including phenoxy) is 1. The van der Waals surface area contributed by atoms with Gasteiger partial charge in [-0.2, -0.15) is 15.2 Å². The molecule has 1 saturated heterocycles. The lowest BCUT2D eigenvalue weighted by molar-refractivity contribution is 0.102. The second-order valence-corrected chi connectivity index (χ2v) is 6.79. The molecule has 0 bridgehead atoms. The molecule has 1 fully saturated rings. The van der Waals surface area contributed by atoms with Crippen LogP contribution in [0.25, 0.3) is 11.3 Å². The number of hydrogen-bond donors (Lipinski definition) is 3. The number of aryl methyl sites for hydroxylation is 1. The van der Waals surface area contributed by atoms with Gasteiger partial charge in [-0.3, -0.25) is 15.2 Å². The van der Waals surface area contributed by atoms with E-state index in [1.54, 1.807) is 24.9 Å². The fraction of sp³-hybridized carbons (Fsp3) is 0.368. The zero-order valence-corrected chi connectivity index (χ0v) is 17.1. The Morgan fingerprint density at radius 2 is 2.07 bits per heavy atom. The first-order chi connectivity index (χ1) is 13.6. The van der Waals surface area contributed by atoms with E-state index in [-0.39, 0.29) is 18.3 Å². The van der Waals surface area contributed by atoms with Gasteiger partial charge in [0.25, 0.3) is 5.91 Å². The molecule has 29 heavy (non-hydrogen) atoms. The number of nitrogens with zero attached hydrogens (tertiary/aromatic N) is 4. The average Bonchev–Trinajstić information content (AvgIpc) is 3.36. The number of piperidine rings is 1. The number of anilines is 1. The standard InChI is InChI=1S/C19H23N7O2.ClH/c1-26-19(21-17(25-26)12-6-8-20-9-7-12)22-18(27)16-11-15(23-24-16)13-4-3-5-14(10-13)28-2;/h3-5,10-12,20H,6-9H2,1-2H3,(H,23,24)(H,21,22,25,27);1H. The minimum atomic E-state index is -0.311. The van der Waals surface area contributed by atoms with Gasteiger partial charge >= 0.3 is 0 Å². The third-order valence-corrected chi connectivity index (χ3v) is 4.90. The molecule has 1 aliphatic rings. The van der Waals surface area contributed by atoms with Crippen molar-refractivity contribution in [1.82, 2.24) is 30.3 Å². The summed E-state index contributed by atoms with van der Waals surface area (Å²) in [6, 6.07) is 9.22. The van der Waals surface area contributed by atoms with Crippen LogP contribution in [0.1, 0.15) is 35.1 Å². The van der Waals surface area contributed by atoms with E-state index in [4.69, 9.17) is 4.74 Å². The first-order valence-corrected chi connectivity index (χ1v) is 9.27. The van der Waals surface area contributed by atoms with Crippen LogP contribution in [0.15, 0.2) is 30.3 Å². The fourth-order valence-corrected chi connectivity index (χ4v) is 3.30. The van der Waals surface area contributed by atoms with E-state index in [0.29, 0.717) is 23.3 Å². The molecular weight excluding hydrogens is 394 g/mol. The van der Waals surface area contributed by atoms with E-state index in [0.717, 1.165) is 43.1 Å². The largest absolute Gasteiger partial charge is 0.497 e. The highest BCUT2D eigenvalue weighted by Gasteiger charge is 2.22. The van der Waals surface area contributed by atoms with Crippen molar-refractivity contribution in [2.75, 3.05) is 25.5 Å². The van der Waals surface area contributed by atoms with Crippen LogP contribution in [-0.4, -0.2) is 51.1 Å². The second-order valence-electron chi connectivity index (χ2n) is 6.79. The van der Waals surface area contributed by atoms with Gasteiger partial charge in [-0.25, -0.2) is 4.68 Å². The lowest BCUT2D eigenvalue weighted by atomic mass is 9.98. The van der Waals surface area contributed by atoms with Crippen LogP contribution in [0.2, 0.25) is 0 Å². The SMILES string of the molecule is COc1cccc(-c2cc(C(=O)Nc3nc(C4CCNCC4)nn3C)[nH]n2)c1.Cl. The van der Waals surface area contributed by atoms with Crippen molar-refractivity contribution in [1.29, 1.82) is 0 Å². The molecule has 10 heteroatoms. The van der Waals surface area contributed by atoms with Crippen molar-refractivity contribution in [3.8, 4) is 17.0 Å². The van der Waals surface area contributed by atoms with E-state index >= 15 is 0 Å². The van der Waals surface area contributed by atoms with Gasteiger partial charge in [0, 0.05) is 18.5 Å². The van der Waals surface area contributed by atoms with Gasteiger partial charge in [-0.05, 0) is 44.1 Å². The molecule has 1 amide bonds. The first-order valence-electron chi connectivity index (χ1n) is 9.27. The fourth-order valence-electron chi connectivity index (χ4n) is 3.30. The number of methoxy groups -OCH3 is 1. The van der Waals surface area contributed by atoms with E-state index in [9.17, 15) is 4.79 Å². The number of carbonyl (C=O) groups is 1. The molecule has 2 aromatic heterocycles. The number of amides is 1. The predicted octanol–water partition coefficient (Wildman–Crippen LogP) is 2.35. The zero-order chi connectivity index (χ0) is 19.5. The highest BCUT2D eigenvalue weighted by molar-refractivity contribution is 6.02. The van der Waals surface area contributed by atoms with E-state index in [2.05, 4.69) is 30.9 Å². The Labute approximate surface area is 174 Å². The summed E-state index contributed by atoms with van der Waals surface area (Å²) in [4.78, 5) is 17.1. The van der Waals surface area contributed by atoms with Gasteiger partial charge in [0.15, 0.2) is 5.82 Å². The number of nitrogens with one attached hydrogen (secondary N) is 3. The Morgan fingerprint density at radius 1 is 1.28 bits per heavy atom. The van der Waals surface area contributed by atoms with Crippen LogP contribution >= 0.6 is 12.4 Å². The number of aromatic amines is 1. The molecule has 9 nitrogen and oxygen atoms in total. The van der Waals surface area contributed by atoms with E-state index in [1.807, 2.05) is 24.3 Å². The van der Waals surface area contributed by atoms with Crippen LogP contribution in [-0.2, 0) is 7.05 Å². The summed E-state index contributed by atoms with van der Waals surface area (Å²) in [7, 11) is 3.39. The summed E-state index contributed by atoms with van der Waals surface area (Å²) in [5, 5.41) is 17.6. The normalized spacial score (nSPS) is 14.3. The van der Waals surface area contributed by atoms with Gasteiger partial charge in [0.05, 0.1) is 12.8 Å². The number of H-pyrrole nitrogens is 1. The molecule has 1 aromatic carbocycles. The lowest BCUT2D eigenvalue weighted by Gasteiger charge is -2.19. The van der Waals surface area contributed by atoms with Crippen LogP contribution in [0, 0.1) is 0 Å². The molecule has 0 saturated carbocycles. The van der Waals surface area contributed by atoms with Gasteiger partial charge in [0.2, 0.25) is 5.95 Å². The van der Waals surface area contributed by atoms with Crippen molar-refractivity contribution in [2.24, 2.45) is 7.05 Å². The number of halogens is 1.